The number of alkyl halides is 6. The molecule has 3 aliphatic carbocycles. The van der Waals surface area contributed by atoms with Crippen molar-refractivity contribution in [2.75, 3.05) is 11.3 Å². The number of sulfonamides is 1. The smallest absolute Gasteiger partial charge is 0.294 e. The summed E-state index contributed by atoms with van der Waals surface area (Å²) in [7, 11) is -7.73. The Morgan fingerprint density at radius 1 is 1.03 bits per heavy atom. The summed E-state index contributed by atoms with van der Waals surface area (Å²) in [4.78, 5) is 18.9. The van der Waals surface area contributed by atoms with Gasteiger partial charge >= 0.3 is 0 Å². The fourth-order valence-electron chi connectivity index (χ4n) is 8.34. The summed E-state index contributed by atoms with van der Waals surface area (Å²) in [6.07, 6.45) is -5.06. The second-order valence-corrected chi connectivity index (χ2v) is 23.7. The topological polar surface area (TPSA) is 176 Å². The van der Waals surface area contributed by atoms with E-state index in [4.69, 9.17) is 22.0 Å². The lowest BCUT2D eigenvalue weighted by molar-refractivity contribution is -0.121. The van der Waals surface area contributed by atoms with E-state index < -0.39 is 126 Å². The predicted molar refractivity (Wildman–Crippen MR) is 241 cm³/mol. The number of nitrogens with one attached hydrogen (secondary N) is 4. The molecule has 368 valence electrons. The highest BCUT2D eigenvalue weighted by molar-refractivity contribution is 7.94. The number of hydrogen-bond acceptors (Lipinski definition) is 9. The van der Waals surface area contributed by atoms with Gasteiger partial charge in [-0.05, 0) is 102 Å². The Bertz CT molecular complexity index is 2920. The number of fused-ring (bicyclic) bond motifs is 1. The van der Waals surface area contributed by atoms with E-state index in [2.05, 4.69) is 27.0 Å². The Morgan fingerprint density at radius 3 is 2.26 bits per heavy atom. The first-order valence-corrected chi connectivity index (χ1v) is 24.9. The third-order valence-electron chi connectivity index (χ3n) is 12.8. The number of amides is 1. The summed E-state index contributed by atoms with van der Waals surface area (Å²) in [5.74, 6) is -9.03. The number of carbonyl (C=O) groups excluding carboxylic acids is 1. The molecule has 3 aliphatic rings. The number of aryl methyl sites for hydroxylation is 1. The molecule has 0 saturated heterocycles. The van der Waals surface area contributed by atoms with Gasteiger partial charge in [-0.2, -0.15) is 13.9 Å². The van der Waals surface area contributed by atoms with E-state index in [1.807, 2.05) is 0 Å². The zero-order chi connectivity index (χ0) is 49.9. The van der Waals surface area contributed by atoms with Gasteiger partial charge < -0.3 is 10.6 Å². The molecule has 2 fully saturated rings. The average molecular weight is 1020 g/mol. The molecule has 23 heteroatoms. The van der Waals surface area contributed by atoms with Crippen molar-refractivity contribution < 1.29 is 56.8 Å². The molecule has 2 aromatic heterocycles. The maximum absolute atomic E-state index is 15.6. The van der Waals surface area contributed by atoms with Gasteiger partial charge in [0.25, 0.3) is 18.8 Å². The van der Waals surface area contributed by atoms with Crippen molar-refractivity contribution in [3.05, 3.63) is 100.0 Å². The molecule has 2 aromatic carbocycles. The number of carbonyl (C=O) groups is 1. The molecule has 0 unspecified atom stereocenters. The molecule has 1 amide bonds. The normalized spacial score (nSPS) is 18.6. The van der Waals surface area contributed by atoms with E-state index in [1.165, 1.54) is 31.2 Å². The van der Waals surface area contributed by atoms with E-state index >= 15 is 8.78 Å². The van der Waals surface area contributed by atoms with Crippen LogP contribution >= 0.6 is 11.6 Å². The third kappa shape index (κ3) is 10.1. The quantitative estimate of drug-likeness (QED) is 0.0363. The second kappa shape index (κ2) is 18.7. The van der Waals surface area contributed by atoms with Crippen LogP contribution in [0.15, 0.2) is 66.4 Å². The molecule has 2 saturated carbocycles. The van der Waals surface area contributed by atoms with Crippen molar-refractivity contribution in [1.82, 2.24) is 25.4 Å². The molecule has 7 rings (SSSR count). The Hall–Kier alpha value is -5.09. The summed E-state index contributed by atoms with van der Waals surface area (Å²) in [5, 5.41) is 16.2. The zero-order valence-electron chi connectivity index (χ0n) is 36.9. The molecule has 4 aromatic rings. The van der Waals surface area contributed by atoms with Gasteiger partial charge in [0.15, 0.2) is 15.7 Å². The van der Waals surface area contributed by atoms with E-state index in [1.54, 1.807) is 13.8 Å². The summed E-state index contributed by atoms with van der Waals surface area (Å²) in [5.41, 5.74) is -3.15. The van der Waals surface area contributed by atoms with Crippen molar-refractivity contribution in [3.8, 4) is 11.1 Å². The third-order valence-corrected chi connectivity index (χ3v) is 18.4. The number of hydrogen-bond donors (Lipinski definition) is 4. The number of halogens is 9. The van der Waals surface area contributed by atoms with Crippen LogP contribution in [0.2, 0.25) is 5.02 Å². The number of nitrogens with zero attached hydrogens (tertiary/aromatic N) is 3. The molecular weight excluding hydrogens is 970 g/mol. The lowest BCUT2D eigenvalue weighted by Crippen LogP contribution is -2.41. The lowest BCUT2D eigenvalue weighted by Gasteiger charge is -2.26. The fraction of sp³-hybridized carbons (Fsp3) is 0.467. The first-order valence-electron chi connectivity index (χ1n) is 21.5. The maximum Gasteiger partial charge on any atom is 0.294 e. The molecule has 4 N–H and O–H groups in total. The van der Waals surface area contributed by atoms with Crippen molar-refractivity contribution in [2.45, 2.75) is 118 Å². The van der Waals surface area contributed by atoms with E-state index in [0.29, 0.717) is 31.7 Å². The van der Waals surface area contributed by atoms with Gasteiger partial charge in [-0.1, -0.05) is 29.8 Å². The van der Waals surface area contributed by atoms with E-state index in [-0.39, 0.29) is 62.7 Å². The van der Waals surface area contributed by atoms with Crippen LogP contribution < -0.4 is 15.4 Å². The molecular formula is C45H48ClF8N7O5S2. The van der Waals surface area contributed by atoms with Crippen molar-refractivity contribution in [2.24, 2.45) is 5.92 Å². The van der Waals surface area contributed by atoms with Crippen LogP contribution in [0.3, 0.4) is 0 Å². The van der Waals surface area contributed by atoms with Crippen molar-refractivity contribution in [3.63, 3.8) is 0 Å². The van der Waals surface area contributed by atoms with Gasteiger partial charge in [-0.25, -0.2) is 43.2 Å². The van der Waals surface area contributed by atoms with Gasteiger partial charge in [-0.3, -0.25) is 24.6 Å². The Morgan fingerprint density at radius 2 is 1.68 bits per heavy atom. The SMILES string of the molecule is C=C[C@@H]1CC(C(=N)C(F)F)=C(NCC(=O)N[C@@H](Cc2cc(F)cc(F)c2)c2nc(CCC(C)(C)S(=O)(=O)C3CC3)ccc2-c2ccc(Cl)c3c(NS(=O)(=O)C4(C)CC4)nn(CC(F)F)c23)C1(F)F. The molecule has 0 bridgehead atoms. The van der Waals surface area contributed by atoms with Crippen LogP contribution in [-0.4, -0.2) is 83.3 Å². The molecule has 12 nitrogen and oxygen atoms in total. The molecule has 0 aliphatic heterocycles. The Labute approximate surface area is 392 Å². The van der Waals surface area contributed by atoms with Crippen molar-refractivity contribution in [1.29, 1.82) is 5.41 Å². The minimum Gasteiger partial charge on any atom is -0.374 e. The minimum atomic E-state index is -4.14. The van der Waals surface area contributed by atoms with Crippen LogP contribution in [0.5, 0.6) is 0 Å². The number of allylic oxidation sites excluding steroid dienone is 3. The molecule has 68 heavy (non-hydrogen) atoms. The standard InChI is InChI=1S/C45H48ClF8N7O5S2/c1-5-24-19-31(37(55)41(51)52)40(45(24,53)54)56-21-35(62)58-33(18-23-16-25(47)20-26(48)17-23)38-29(9-6-27(57-38)12-13-43(2,3)67(63,64)28-7-8-28)30-10-11-32(46)36-39(30)61(22-34(49)50)59-42(36)60-68(65,66)44(4)14-15-44/h5-6,9-11,16-17,20,24,28,33-34,41,55-56H,1,7-8,12-15,18-19,21-22H2,2-4H3,(H,58,62)(H,59,60)/t24-,33+/m1/s1. The fourth-order valence-corrected chi connectivity index (χ4v) is 11.9. The largest absolute Gasteiger partial charge is 0.374 e. The molecule has 2 atom stereocenters. The van der Waals surface area contributed by atoms with Crippen LogP contribution in [0.25, 0.3) is 22.0 Å². The van der Waals surface area contributed by atoms with Gasteiger partial charge in [0.1, 0.15) is 23.9 Å². The van der Waals surface area contributed by atoms with Gasteiger partial charge in [-0.15, -0.1) is 6.58 Å². The van der Waals surface area contributed by atoms with Crippen LogP contribution in [0.1, 0.15) is 82.3 Å². The van der Waals surface area contributed by atoms with Gasteiger partial charge in [0, 0.05) is 28.5 Å². The van der Waals surface area contributed by atoms with Crippen LogP contribution in [0.4, 0.5) is 40.9 Å². The molecule has 0 spiro atoms. The van der Waals surface area contributed by atoms with E-state index in [0.717, 1.165) is 22.9 Å². The second-order valence-electron chi connectivity index (χ2n) is 18.2. The zero-order valence-corrected chi connectivity index (χ0v) is 39.3. The summed E-state index contributed by atoms with van der Waals surface area (Å²) >= 11 is 6.69. The lowest BCUT2D eigenvalue weighted by atomic mass is 9.93. The number of aromatic nitrogens is 3. The number of rotatable bonds is 21. The maximum atomic E-state index is 15.6. The predicted octanol–water partition coefficient (Wildman–Crippen LogP) is 9.25. The van der Waals surface area contributed by atoms with Crippen LogP contribution in [0, 0.1) is 23.0 Å². The summed E-state index contributed by atoms with van der Waals surface area (Å²) < 4.78 is 171. The number of sulfone groups is 1. The van der Waals surface area contributed by atoms with Gasteiger partial charge in [0.05, 0.1) is 60.6 Å². The highest BCUT2D eigenvalue weighted by Crippen LogP contribution is 2.47. The molecule has 2 heterocycles. The monoisotopic (exact) mass is 1020 g/mol. The van der Waals surface area contributed by atoms with Crippen LogP contribution in [-0.2, 0) is 44.0 Å². The molecule has 0 radical (unpaired) electrons. The average Bonchev–Trinajstić information content (AvgIpc) is 4.18. The first kappa shape index (κ1) is 50.8. The number of anilines is 1. The Balaban J connectivity index is 1.38. The first-order chi connectivity index (χ1) is 31.7. The number of benzene rings is 2. The van der Waals surface area contributed by atoms with Crippen molar-refractivity contribution >= 4 is 59.8 Å². The van der Waals surface area contributed by atoms with Gasteiger partial charge in [0.2, 0.25) is 15.9 Å². The minimum absolute atomic E-state index is 0.0136. The summed E-state index contributed by atoms with van der Waals surface area (Å²) in [6, 6.07) is 6.74. The van der Waals surface area contributed by atoms with E-state index in [9.17, 15) is 48.0 Å². The summed E-state index contributed by atoms with van der Waals surface area (Å²) in [6.45, 7) is 5.91. The highest BCUT2D eigenvalue weighted by atomic mass is 35.5. The highest BCUT2D eigenvalue weighted by Gasteiger charge is 2.52. The number of pyridine rings is 1. The Kier molecular flexibility index (Phi) is 13.9.